The number of benzene rings is 10. The molecule has 0 fully saturated rings. The van der Waals surface area contributed by atoms with Crippen molar-refractivity contribution < 1.29 is 4.42 Å². The lowest BCUT2D eigenvalue weighted by molar-refractivity contribution is 0.658. The summed E-state index contributed by atoms with van der Waals surface area (Å²) in [5.74, 6) is 0. The van der Waals surface area contributed by atoms with E-state index in [-0.39, 0.29) is 5.41 Å². The maximum atomic E-state index is 6.66. The number of hydrogen-bond donors (Lipinski definition) is 0. The number of rotatable bonds is 4. The van der Waals surface area contributed by atoms with Gasteiger partial charge in [-0.2, -0.15) is 0 Å². The lowest BCUT2D eigenvalue weighted by Crippen LogP contribution is -2.14. The molecule has 13 rings (SSSR count). The SMILES string of the molecule is CC1(C)c2ccccc2-c2cc3oc4ccc(-c5c6ccccc6c(-c6ccc(-c7cccc8c7sc7ccccc78)cc6)c6ccc(-c7ccccc7)cc56)cc4c3cc21. The number of fused-ring (bicyclic) bond motifs is 11. The smallest absolute Gasteiger partial charge is 0.136 e. The monoisotopic (exact) mass is 794 g/mol. The van der Waals surface area contributed by atoms with Crippen LogP contribution >= 0.6 is 11.3 Å². The van der Waals surface area contributed by atoms with Crippen LogP contribution in [0.3, 0.4) is 0 Å². The summed E-state index contributed by atoms with van der Waals surface area (Å²) in [4.78, 5) is 0. The quantitative estimate of drug-likeness (QED) is 0.162. The Morgan fingerprint density at radius 3 is 1.79 bits per heavy atom. The standard InChI is InChI=1S/C59H38OS/c1-59(2)51-21-10-8-15-41(51)47-34-54-49(33-52(47)59)48-32-39(28-30-53(48)60-54)57-44-18-7-6-17-43(44)56(45-29-27-38(31-50(45)57)35-13-4-3-5-14-35)37-25-23-36(24-26-37)40-19-12-20-46-42-16-9-11-22-55(42)61-58(40)46/h3-34H,1-2H3. The second-order valence-electron chi connectivity index (χ2n) is 17.2. The Kier molecular flexibility index (Phi) is 7.30. The topological polar surface area (TPSA) is 13.1 Å². The van der Waals surface area contributed by atoms with Crippen molar-refractivity contribution in [2.75, 3.05) is 0 Å². The Morgan fingerprint density at radius 2 is 0.951 bits per heavy atom. The zero-order valence-electron chi connectivity index (χ0n) is 33.8. The van der Waals surface area contributed by atoms with E-state index in [2.05, 4.69) is 208 Å². The molecule has 0 amide bonds. The summed E-state index contributed by atoms with van der Waals surface area (Å²) in [7, 11) is 0. The van der Waals surface area contributed by atoms with Crippen LogP contribution in [0.15, 0.2) is 199 Å². The first-order chi connectivity index (χ1) is 30.0. The summed E-state index contributed by atoms with van der Waals surface area (Å²) >= 11 is 1.88. The predicted octanol–water partition coefficient (Wildman–Crippen LogP) is 17.2. The molecule has 0 atom stereocenters. The van der Waals surface area contributed by atoms with Gasteiger partial charge in [-0.3, -0.25) is 0 Å². The highest BCUT2D eigenvalue weighted by Gasteiger charge is 2.36. The molecule has 0 saturated heterocycles. The Labute approximate surface area is 357 Å². The first kappa shape index (κ1) is 34.6. The van der Waals surface area contributed by atoms with Crippen molar-refractivity contribution in [3.05, 3.63) is 205 Å². The van der Waals surface area contributed by atoms with E-state index in [1.807, 2.05) is 11.3 Å². The Bertz CT molecular complexity index is 3770. The highest BCUT2D eigenvalue weighted by molar-refractivity contribution is 7.26. The van der Waals surface area contributed by atoms with Crippen molar-refractivity contribution in [1.29, 1.82) is 0 Å². The fraction of sp³-hybridized carbons (Fsp3) is 0.0508. The van der Waals surface area contributed by atoms with Gasteiger partial charge in [0.1, 0.15) is 11.2 Å². The summed E-state index contributed by atoms with van der Waals surface area (Å²) in [6.45, 7) is 4.70. The van der Waals surface area contributed by atoms with Crippen LogP contribution in [-0.2, 0) is 5.41 Å². The second kappa shape index (κ2) is 12.9. The summed E-state index contributed by atoms with van der Waals surface area (Å²) in [6.07, 6.45) is 0. The molecular weight excluding hydrogens is 757 g/mol. The van der Waals surface area contributed by atoms with Crippen molar-refractivity contribution in [1.82, 2.24) is 0 Å². The van der Waals surface area contributed by atoms with Crippen molar-refractivity contribution in [3.8, 4) is 55.6 Å². The van der Waals surface area contributed by atoms with E-state index in [9.17, 15) is 0 Å². The zero-order valence-corrected chi connectivity index (χ0v) is 34.6. The molecule has 0 unspecified atom stereocenters. The Morgan fingerprint density at radius 1 is 0.344 bits per heavy atom. The van der Waals surface area contributed by atoms with Gasteiger partial charge in [0.05, 0.1) is 0 Å². The second-order valence-corrected chi connectivity index (χ2v) is 18.2. The molecule has 2 heterocycles. The fourth-order valence-corrected chi connectivity index (χ4v) is 11.8. The van der Waals surface area contributed by atoms with Gasteiger partial charge in [0.15, 0.2) is 0 Å². The van der Waals surface area contributed by atoms with E-state index in [1.165, 1.54) is 108 Å². The van der Waals surface area contributed by atoms with Crippen LogP contribution in [0.4, 0.5) is 0 Å². The first-order valence-corrected chi connectivity index (χ1v) is 22.0. The third-order valence-electron chi connectivity index (χ3n) is 13.5. The maximum absolute atomic E-state index is 6.66. The third-order valence-corrected chi connectivity index (χ3v) is 14.7. The van der Waals surface area contributed by atoms with E-state index >= 15 is 0 Å². The van der Waals surface area contributed by atoms with Gasteiger partial charge < -0.3 is 4.42 Å². The van der Waals surface area contributed by atoms with Gasteiger partial charge in [-0.1, -0.05) is 172 Å². The van der Waals surface area contributed by atoms with Crippen molar-refractivity contribution in [2.45, 2.75) is 19.3 Å². The Hall–Kier alpha value is -7.26. The van der Waals surface area contributed by atoms with E-state index in [0.29, 0.717) is 0 Å². The lowest BCUT2D eigenvalue weighted by atomic mass is 9.82. The number of thiophene rings is 1. The van der Waals surface area contributed by atoms with Crippen molar-refractivity contribution >= 4 is 75.0 Å². The molecule has 0 aliphatic heterocycles. The fourth-order valence-electron chi connectivity index (χ4n) is 10.5. The molecule has 10 aromatic carbocycles. The van der Waals surface area contributed by atoms with Gasteiger partial charge in [0.25, 0.3) is 0 Å². The molecule has 12 aromatic rings. The van der Waals surface area contributed by atoms with Crippen LogP contribution in [0.25, 0.3) is 119 Å². The summed E-state index contributed by atoms with van der Waals surface area (Å²) in [6, 6.07) is 71.9. The lowest BCUT2D eigenvalue weighted by Gasteiger charge is -2.21. The van der Waals surface area contributed by atoms with E-state index in [0.717, 1.165) is 21.9 Å². The first-order valence-electron chi connectivity index (χ1n) is 21.2. The molecule has 0 radical (unpaired) electrons. The largest absolute Gasteiger partial charge is 0.456 e. The van der Waals surface area contributed by atoms with Crippen LogP contribution in [0.5, 0.6) is 0 Å². The van der Waals surface area contributed by atoms with E-state index < -0.39 is 0 Å². The van der Waals surface area contributed by atoms with E-state index in [4.69, 9.17) is 4.42 Å². The highest BCUT2D eigenvalue weighted by Crippen LogP contribution is 2.52. The summed E-state index contributed by atoms with van der Waals surface area (Å²) < 4.78 is 9.33. The van der Waals surface area contributed by atoms with Gasteiger partial charge >= 0.3 is 0 Å². The molecule has 1 aliphatic rings. The van der Waals surface area contributed by atoms with Gasteiger partial charge in [0.2, 0.25) is 0 Å². The van der Waals surface area contributed by atoms with Crippen LogP contribution in [0.1, 0.15) is 25.0 Å². The zero-order chi connectivity index (χ0) is 40.4. The molecule has 2 aromatic heterocycles. The average Bonchev–Trinajstić information content (AvgIpc) is 3.94. The molecule has 0 saturated carbocycles. The van der Waals surface area contributed by atoms with Gasteiger partial charge in [-0.05, 0) is 125 Å². The molecule has 0 N–H and O–H groups in total. The van der Waals surface area contributed by atoms with Crippen molar-refractivity contribution in [3.63, 3.8) is 0 Å². The summed E-state index contributed by atoms with van der Waals surface area (Å²) in [5.41, 5.74) is 16.9. The van der Waals surface area contributed by atoms with Crippen LogP contribution in [0, 0.1) is 0 Å². The molecule has 61 heavy (non-hydrogen) atoms. The van der Waals surface area contributed by atoms with Crippen molar-refractivity contribution in [2.24, 2.45) is 0 Å². The number of hydrogen-bond acceptors (Lipinski definition) is 2. The minimum atomic E-state index is -0.0957. The van der Waals surface area contributed by atoms with Gasteiger partial charge in [-0.15, -0.1) is 11.3 Å². The molecule has 286 valence electrons. The molecule has 1 nitrogen and oxygen atoms in total. The Balaban J connectivity index is 1.03. The van der Waals surface area contributed by atoms with Crippen LogP contribution < -0.4 is 0 Å². The maximum Gasteiger partial charge on any atom is 0.136 e. The molecule has 0 spiro atoms. The third kappa shape index (κ3) is 5.06. The van der Waals surface area contributed by atoms with Crippen LogP contribution in [0.2, 0.25) is 0 Å². The molecule has 1 aliphatic carbocycles. The number of furan rings is 1. The highest BCUT2D eigenvalue weighted by atomic mass is 32.1. The summed E-state index contributed by atoms with van der Waals surface area (Å²) in [5, 5.41) is 9.91. The van der Waals surface area contributed by atoms with E-state index in [1.54, 1.807) is 0 Å². The molecular formula is C59H38OS. The molecule has 0 bridgehead atoms. The molecule has 2 heteroatoms. The minimum Gasteiger partial charge on any atom is -0.456 e. The average molecular weight is 795 g/mol. The van der Waals surface area contributed by atoms with Gasteiger partial charge in [0, 0.05) is 36.4 Å². The normalized spacial score (nSPS) is 13.2. The van der Waals surface area contributed by atoms with Crippen LogP contribution in [-0.4, -0.2) is 0 Å². The van der Waals surface area contributed by atoms with Gasteiger partial charge in [-0.25, -0.2) is 0 Å². The minimum absolute atomic E-state index is 0.0957. The predicted molar refractivity (Wildman–Crippen MR) is 261 cm³/mol.